The number of aromatic nitrogens is 2. The molecule has 1 aliphatic rings. The lowest BCUT2D eigenvalue weighted by Gasteiger charge is -2.29. The molecule has 2 aromatic carbocycles. The fourth-order valence-corrected chi connectivity index (χ4v) is 5.73. The Hall–Kier alpha value is -4.21. The van der Waals surface area contributed by atoms with Gasteiger partial charge < -0.3 is 29.6 Å². The van der Waals surface area contributed by atoms with E-state index in [1.165, 1.54) is 12.7 Å². The summed E-state index contributed by atoms with van der Waals surface area (Å²) in [6, 6.07) is 21.9. The second-order valence-corrected chi connectivity index (χ2v) is 10.2. The third-order valence-corrected chi connectivity index (χ3v) is 7.50. The van der Waals surface area contributed by atoms with Gasteiger partial charge >= 0.3 is 0 Å². The van der Waals surface area contributed by atoms with Crippen LogP contribution in [-0.2, 0) is 9.53 Å². The van der Waals surface area contributed by atoms with Gasteiger partial charge in [-0.3, -0.25) is 9.78 Å². The van der Waals surface area contributed by atoms with E-state index in [1.807, 2.05) is 36.4 Å². The third-order valence-electron chi connectivity index (χ3n) is 7.19. The summed E-state index contributed by atoms with van der Waals surface area (Å²) >= 11 is 5.94. The van der Waals surface area contributed by atoms with Crippen LogP contribution in [0.15, 0.2) is 72.9 Å². The molecule has 2 aromatic heterocycles. The van der Waals surface area contributed by atoms with Crippen LogP contribution in [0.5, 0.6) is 5.75 Å². The van der Waals surface area contributed by atoms with Crippen LogP contribution in [0.25, 0.3) is 5.69 Å². The maximum atomic E-state index is 12.4. The number of thiocarbonyl (C=S) groups is 1. The van der Waals surface area contributed by atoms with Crippen LogP contribution in [0.2, 0.25) is 0 Å². The molecule has 0 saturated carbocycles. The van der Waals surface area contributed by atoms with E-state index in [4.69, 9.17) is 21.7 Å². The number of hydrogen-bond donors (Lipinski definition) is 2. The van der Waals surface area contributed by atoms with Crippen molar-refractivity contribution in [2.45, 2.75) is 32.9 Å². The SMILES string of the molecule is COCC(=O)Nc1cc(N2C(=S)NC(c3ccccn3)C2c2cc(C)n(-c3ccc(C)cc3)c2C)ccc1OC. The number of rotatable bonds is 8. The van der Waals surface area contributed by atoms with Gasteiger partial charge in [-0.25, -0.2) is 0 Å². The molecule has 2 N–H and O–H groups in total. The van der Waals surface area contributed by atoms with Gasteiger partial charge in [-0.2, -0.15) is 0 Å². The highest BCUT2D eigenvalue weighted by atomic mass is 32.1. The number of nitrogens with one attached hydrogen (secondary N) is 2. The number of hydrogen-bond acceptors (Lipinski definition) is 5. The van der Waals surface area contributed by atoms with Crippen LogP contribution in [0, 0.1) is 20.8 Å². The summed E-state index contributed by atoms with van der Waals surface area (Å²) in [5, 5.41) is 6.99. The van der Waals surface area contributed by atoms with E-state index in [0.717, 1.165) is 34.0 Å². The Morgan fingerprint density at radius 2 is 1.77 bits per heavy atom. The van der Waals surface area contributed by atoms with Crippen molar-refractivity contribution in [2.75, 3.05) is 31.0 Å². The first-order valence-electron chi connectivity index (χ1n) is 13.1. The average Bonchev–Trinajstić information content (AvgIpc) is 3.44. The monoisotopic (exact) mass is 555 g/mol. The quantitative estimate of drug-likeness (QED) is 0.275. The van der Waals surface area contributed by atoms with Crippen molar-refractivity contribution in [3.63, 3.8) is 0 Å². The van der Waals surface area contributed by atoms with Crippen LogP contribution in [-0.4, -0.2) is 41.4 Å². The molecule has 9 heteroatoms. The van der Waals surface area contributed by atoms with Crippen molar-refractivity contribution in [1.82, 2.24) is 14.9 Å². The lowest BCUT2D eigenvalue weighted by Crippen LogP contribution is -2.29. The van der Waals surface area contributed by atoms with E-state index in [0.29, 0.717) is 16.5 Å². The van der Waals surface area contributed by atoms with E-state index < -0.39 is 0 Å². The number of methoxy groups -OCH3 is 2. The van der Waals surface area contributed by atoms with Gasteiger partial charge in [0.1, 0.15) is 12.4 Å². The molecule has 8 nitrogen and oxygen atoms in total. The fraction of sp³-hybridized carbons (Fsp3) is 0.258. The molecule has 2 atom stereocenters. The molecule has 2 unspecified atom stereocenters. The van der Waals surface area contributed by atoms with Crippen LogP contribution < -0.4 is 20.3 Å². The molecule has 0 bridgehead atoms. The van der Waals surface area contributed by atoms with Crippen molar-refractivity contribution >= 4 is 34.6 Å². The van der Waals surface area contributed by atoms with E-state index in [1.54, 1.807) is 13.3 Å². The number of carbonyl (C=O) groups is 1. The molecule has 5 rings (SSSR count). The number of aryl methyl sites for hydroxylation is 2. The predicted molar refractivity (Wildman–Crippen MR) is 161 cm³/mol. The molecular formula is C31H33N5O3S. The molecule has 3 heterocycles. The molecule has 4 aromatic rings. The number of ether oxygens (including phenoxy) is 2. The summed E-state index contributed by atoms with van der Waals surface area (Å²) < 4.78 is 12.8. The highest BCUT2D eigenvalue weighted by molar-refractivity contribution is 7.80. The van der Waals surface area contributed by atoms with Gasteiger partial charge in [-0.15, -0.1) is 0 Å². The lowest BCUT2D eigenvalue weighted by molar-refractivity contribution is -0.119. The van der Waals surface area contributed by atoms with Gasteiger partial charge in [0.2, 0.25) is 5.91 Å². The Morgan fingerprint density at radius 3 is 2.45 bits per heavy atom. The number of anilines is 2. The first-order chi connectivity index (χ1) is 19.3. The highest BCUT2D eigenvalue weighted by Crippen LogP contribution is 2.45. The Labute approximate surface area is 239 Å². The summed E-state index contributed by atoms with van der Waals surface area (Å²) in [4.78, 5) is 19.2. The van der Waals surface area contributed by atoms with E-state index >= 15 is 0 Å². The van der Waals surface area contributed by atoms with Crippen molar-refractivity contribution in [2.24, 2.45) is 0 Å². The lowest BCUT2D eigenvalue weighted by atomic mass is 9.96. The molecule has 1 fully saturated rings. The average molecular weight is 556 g/mol. The number of benzene rings is 2. The molecule has 206 valence electrons. The summed E-state index contributed by atoms with van der Waals surface area (Å²) in [7, 11) is 3.06. The molecule has 1 saturated heterocycles. The zero-order valence-electron chi connectivity index (χ0n) is 23.3. The first kappa shape index (κ1) is 27.4. The smallest absolute Gasteiger partial charge is 0.250 e. The van der Waals surface area contributed by atoms with Crippen molar-refractivity contribution in [3.8, 4) is 11.4 Å². The Kier molecular flexibility index (Phi) is 7.86. The number of nitrogens with zero attached hydrogens (tertiary/aromatic N) is 3. The van der Waals surface area contributed by atoms with Gasteiger partial charge in [0.25, 0.3) is 0 Å². The number of carbonyl (C=O) groups excluding carboxylic acids is 1. The topological polar surface area (TPSA) is 80.7 Å². The van der Waals surface area contributed by atoms with Crippen LogP contribution in [0.3, 0.4) is 0 Å². The summed E-state index contributed by atoms with van der Waals surface area (Å²) in [6.45, 7) is 6.29. The molecular weight excluding hydrogens is 522 g/mol. The normalized spacial score (nSPS) is 16.6. The Bertz CT molecular complexity index is 1530. The zero-order chi connectivity index (χ0) is 28.4. The minimum Gasteiger partial charge on any atom is -0.495 e. The van der Waals surface area contributed by atoms with E-state index in [9.17, 15) is 4.79 Å². The molecule has 0 aliphatic carbocycles. The standard InChI is InChI=1S/C31H33N5O3S/c1-19-9-11-22(12-10-19)35-20(2)16-24(21(35)3)30-29(25-8-6-7-15-32-25)34-31(40)36(30)23-13-14-27(39-5)26(17-23)33-28(37)18-38-4/h6-17,29-30H,18H2,1-5H3,(H,33,37)(H,34,40). The molecule has 1 aliphatic heterocycles. The third kappa shape index (κ3) is 5.17. The number of amides is 1. The maximum Gasteiger partial charge on any atom is 0.250 e. The Balaban J connectivity index is 1.64. The van der Waals surface area contributed by atoms with Crippen LogP contribution in [0.4, 0.5) is 11.4 Å². The van der Waals surface area contributed by atoms with Crippen molar-refractivity contribution in [1.29, 1.82) is 0 Å². The van der Waals surface area contributed by atoms with Gasteiger partial charge in [-0.05, 0) is 87.1 Å². The second kappa shape index (κ2) is 11.5. The van der Waals surface area contributed by atoms with Crippen LogP contribution >= 0.6 is 12.2 Å². The summed E-state index contributed by atoms with van der Waals surface area (Å²) in [5.74, 6) is 0.270. The summed E-state index contributed by atoms with van der Waals surface area (Å²) in [6.07, 6.45) is 1.80. The molecule has 1 amide bonds. The van der Waals surface area contributed by atoms with Gasteiger partial charge in [0.05, 0.1) is 30.6 Å². The minimum absolute atomic E-state index is 0.0631. The maximum absolute atomic E-state index is 12.4. The minimum atomic E-state index is -0.273. The van der Waals surface area contributed by atoms with Crippen LogP contribution in [0.1, 0.15) is 40.3 Å². The van der Waals surface area contributed by atoms with Gasteiger partial charge in [-0.1, -0.05) is 23.8 Å². The van der Waals surface area contributed by atoms with Crippen molar-refractivity contribution in [3.05, 3.63) is 101 Å². The predicted octanol–water partition coefficient (Wildman–Crippen LogP) is 5.57. The Morgan fingerprint density at radius 1 is 1.02 bits per heavy atom. The molecule has 0 spiro atoms. The van der Waals surface area contributed by atoms with E-state index in [2.05, 4.69) is 76.2 Å². The second-order valence-electron chi connectivity index (χ2n) is 9.86. The van der Waals surface area contributed by atoms with E-state index in [-0.39, 0.29) is 24.6 Å². The largest absolute Gasteiger partial charge is 0.495 e. The summed E-state index contributed by atoms with van der Waals surface area (Å²) in [5.41, 5.74) is 7.92. The number of pyridine rings is 1. The molecule has 40 heavy (non-hydrogen) atoms. The first-order valence-corrected chi connectivity index (χ1v) is 13.5. The highest BCUT2D eigenvalue weighted by Gasteiger charge is 2.42. The fourth-order valence-electron chi connectivity index (χ4n) is 5.39. The van der Waals surface area contributed by atoms with Gasteiger partial charge in [0, 0.05) is 36.1 Å². The zero-order valence-corrected chi connectivity index (χ0v) is 24.1. The van der Waals surface area contributed by atoms with Crippen molar-refractivity contribution < 1.29 is 14.3 Å². The van der Waals surface area contributed by atoms with Gasteiger partial charge in [0.15, 0.2) is 5.11 Å². The molecule has 0 radical (unpaired) electrons.